The molecule has 0 spiro atoms. The predicted octanol–water partition coefficient (Wildman–Crippen LogP) is -0.120. The molecule has 0 aliphatic carbocycles. The average Bonchev–Trinajstić information content (AvgIpc) is 2.90. The Morgan fingerprint density at radius 3 is 2.83 bits per heavy atom. The molecule has 1 saturated heterocycles. The maximum Gasteiger partial charge on any atom is 0.330 e. The van der Waals surface area contributed by atoms with Crippen molar-refractivity contribution in [3.8, 4) is 0 Å². The van der Waals surface area contributed by atoms with Gasteiger partial charge in [-0.15, -0.1) is 0 Å². The van der Waals surface area contributed by atoms with Crippen molar-refractivity contribution in [3.63, 3.8) is 0 Å². The summed E-state index contributed by atoms with van der Waals surface area (Å²) in [6.07, 6.45) is 1.80. The van der Waals surface area contributed by atoms with Crippen molar-refractivity contribution in [2.24, 2.45) is 0 Å². The van der Waals surface area contributed by atoms with Crippen molar-refractivity contribution in [2.45, 2.75) is 13.5 Å². The molecule has 1 aromatic rings. The Bertz CT molecular complexity index is 449. The number of piperazine rings is 1. The largest absolute Gasteiger partial charge is 0.330 e. The number of fused-ring (bicyclic) bond motifs is 1. The zero-order chi connectivity index (χ0) is 12.5. The predicted molar refractivity (Wildman–Crippen MR) is 67.5 cm³/mol. The van der Waals surface area contributed by atoms with Crippen LogP contribution in [0.1, 0.15) is 11.5 Å². The third kappa shape index (κ3) is 2.02. The highest BCUT2D eigenvalue weighted by Gasteiger charge is 2.28. The van der Waals surface area contributed by atoms with E-state index < -0.39 is 0 Å². The molecule has 0 unspecified atom stereocenters. The Balaban J connectivity index is 1.57. The molecule has 2 aliphatic heterocycles. The first-order valence-corrected chi connectivity index (χ1v) is 6.51. The zero-order valence-electron chi connectivity index (χ0n) is 10.7. The highest BCUT2D eigenvalue weighted by Crippen LogP contribution is 2.17. The number of carbonyl (C=O) groups excluding carboxylic acids is 1. The lowest BCUT2D eigenvalue weighted by atomic mass is 10.3. The van der Waals surface area contributed by atoms with Gasteiger partial charge in [0.05, 0.1) is 18.4 Å². The normalized spacial score (nSPS) is 20.5. The lowest BCUT2D eigenvalue weighted by Gasteiger charge is -2.28. The molecule has 18 heavy (non-hydrogen) atoms. The summed E-state index contributed by atoms with van der Waals surface area (Å²) >= 11 is 0. The van der Waals surface area contributed by atoms with E-state index in [1.807, 2.05) is 11.8 Å². The summed E-state index contributed by atoms with van der Waals surface area (Å²) in [6, 6.07) is 0.0788. The quantitative estimate of drug-likeness (QED) is 0.811. The summed E-state index contributed by atoms with van der Waals surface area (Å²) in [6.45, 7) is 8.61. The van der Waals surface area contributed by atoms with Gasteiger partial charge in [0.1, 0.15) is 5.82 Å². The van der Waals surface area contributed by atoms with Crippen LogP contribution in [0, 0.1) is 6.92 Å². The van der Waals surface area contributed by atoms with Gasteiger partial charge in [0, 0.05) is 39.3 Å². The van der Waals surface area contributed by atoms with Crippen molar-refractivity contribution in [1.29, 1.82) is 0 Å². The molecule has 98 valence electrons. The van der Waals surface area contributed by atoms with Crippen LogP contribution in [0.2, 0.25) is 0 Å². The van der Waals surface area contributed by atoms with E-state index in [-0.39, 0.29) is 6.03 Å². The minimum Gasteiger partial charge on any atom is -0.317 e. The van der Waals surface area contributed by atoms with Crippen LogP contribution in [0.5, 0.6) is 0 Å². The fraction of sp³-hybridized carbons (Fsp3) is 0.667. The second kappa shape index (κ2) is 4.70. The van der Waals surface area contributed by atoms with Crippen molar-refractivity contribution in [3.05, 3.63) is 17.7 Å². The second-order valence-electron chi connectivity index (χ2n) is 4.93. The van der Waals surface area contributed by atoms with E-state index >= 15 is 0 Å². The van der Waals surface area contributed by atoms with Crippen molar-refractivity contribution >= 4 is 6.03 Å². The third-order valence-electron chi connectivity index (χ3n) is 3.72. The molecule has 0 saturated carbocycles. The molecule has 0 atom stereocenters. The summed E-state index contributed by atoms with van der Waals surface area (Å²) in [5.74, 6) is 0.791. The molecule has 1 aromatic heterocycles. The lowest BCUT2D eigenvalue weighted by Crippen LogP contribution is -2.46. The number of nitrogens with one attached hydrogen (secondary N) is 1. The Labute approximate surface area is 107 Å². The number of hydrogen-bond acceptors (Lipinski definition) is 4. The van der Waals surface area contributed by atoms with Crippen LogP contribution in [-0.4, -0.2) is 64.7 Å². The van der Waals surface area contributed by atoms with Gasteiger partial charge in [0.15, 0.2) is 0 Å². The van der Waals surface area contributed by atoms with Crippen molar-refractivity contribution in [1.82, 2.24) is 24.7 Å². The second-order valence-corrected chi connectivity index (χ2v) is 4.93. The number of aryl methyl sites for hydroxylation is 1. The third-order valence-corrected chi connectivity index (χ3v) is 3.72. The molecule has 0 bridgehead atoms. The summed E-state index contributed by atoms with van der Waals surface area (Å²) < 4.78 is 1.72. The van der Waals surface area contributed by atoms with Gasteiger partial charge < -0.3 is 10.2 Å². The van der Waals surface area contributed by atoms with Gasteiger partial charge in [-0.1, -0.05) is 0 Å². The molecule has 0 radical (unpaired) electrons. The monoisotopic (exact) mass is 249 g/mol. The molecule has 6 heteroatoms. The first-order chi connectivity index (χ1) is 8.75. The molecule has 3 heterocycles. The van der Waals surface area contributed by atoms with E-state index in [4.69, 9.17) is 0 Å². The highest BCUT2D eigenvalue weighted by atomic mass is 16.2. The summed E-state index contributed by atoms with van der Waals surface area (Å²) in [4.78, 5) is 20.7. The Morgan fingerprint density at radius 2 is 2.11 bits per heavy atom. The molecular formula is C12H19N5O. The molecule has 1 amide bonds. The molecule has 1 N–H and O–H groups in total. The van der Waals surface area contributed by atoms with Gasteiger partial charge in [0.2, 0.25) is 0 Å². The minimum absolute atomic E-state index is 0.0788. The highest BCUT2D eigenvalue weighted by molar-refractivity contribution is 5.80. The molecule has 0 aromatic carbocycles. The molecule has 6 nitrogen and oxygen atoms in total. The molecule has 1 fully saturated rings. The van der Waals surface area contributed by atoms with Gasteiger partial charge in [-0.05, 0) is 6.92 Å². The van der Waals surface area contributed by atoms with Gasteiger partial charge in [-0.25, -0.2) is 9.78 Å². The number of nitrogens with zero attached hydrogens (tertiary/aromatic N) is 4. The molecule has 2 aliphatic rings. The van der Waals surface area contributed by atoms with Crippen LogP contribution in [0.15, 0.2) is 6.20 Å². The van der Waals surface area contributed by atoms with Gasteiger partial charge in [-0.3, -0.25) is 9.47 Å². The van der Waals surface area contributed by atoms with Crippen LogP contribution >= 0.6 is 0 Å². The fourth-order valence-corrected chi connectivity index (χ4v) is 2.64. The van der Waals surface area contributed by atoms with Gasteiger partial charge >= 0.3 is 6.03 Å². The van der Waals surface area contributed by atoms with Crippen LogP contribution in [0.3, 0.4) is 0 Å². The van der Waals surface area contributed by atoms with E-state index in [0.717, 1.165) is 50.8 Å². The lowest BCUT2D eigenvalue weighted by molar-refractivity contribution is 0.184. The van der Waals surface area contributed by atoms with E-state index in [2.05, 4.69) is 15.2 Å². The fourth-order valence-electron chi connectivity index (χ4n) is 2.64. The molecule has 3 rings (SSSR count). The number of hydrogen-bond donors (Lipinski definition) is 1. The van der Waals surface area contributed by atoms with E-state index in [0.29, 0.717) is 6.54 Å². The first kappa shape index (κ1) is 11.7. The Morgan fingerprint density at radius 1 is 1.33 bits per heavy atom. The minimum atomic E-state index is 0.0788. The first-order valence-electron chi connectivity index (χ1n) is 6.51. The van der Waals surface area contributed by atoms with E-state index in [9.17, 15) is 4.79 Å². The summed E-state index contributed by atoms with van der Waals surface area (Å²) in [7, 11) is 0. The summed E-state index contributed by atoms with van der Waals surface area (Å²) in [5, 5.41) is 3.33. The number of imidazole rings is 1. The SMILES string of the molecule is Cc1ncc2n1C(=O)N(CCN1CCNCC1)C2. The van der Waals surface area contributed by atoms with Gasteiger partial charge in [-0.2, -0.15) is 0 Å². The zero-order valence-corrected chi connectivity index (χ0v) is 10.7. The smallest absolute Gasteiger partial charge is 0.317 e. The summed E-state index contributed by atoms with van der Waals surface area (Å²) in [5.41, 5.74) is 1.01. The maximum absolute atomic E-state index is 12.2. The van der Waals surface area contributed by atoms with Crippen LogP contribution in [0.4, 0.5) is 4.79 Å². The Kier molecular flexibility index (Phi) is 3.05. The number of aromatic nitrogens is 2. The van der Waals surface area contributed by atoms with Crippen LogP contribution < -0.4 is 5.32 Å². The van der Waals surface area contributed by atoms with E-state index in [1.54, 1.807) is 10.8 Å². The topological polar surface area (TPSA) is 53.4 Å². The number of carbonyl (C=O) groups is 1. The van der Waals surface area contributed by atoms with E-state index in [1.165, 1.54) is 0 Å². The standard InChI is InChI=1S/C12H19N5O/c1-10-14-8-11-9-16(12(18)17(10)11)7-6-15-4-2-13-3-5-15/h8,13H,2-7,9H2,1H3. The average molecular weight is 249 g/mol. The van der Waals surface area contributed by atoms with Crippen LogP contribution in [-0.2, 0) is 6.54 Å². The number of amides is 1. The van der Waals surface area contributed by atoms with Crippen LogP contribution in [0.25, 0.3) is 0 Å². The maximum atomic E-state index is 12.2. The number of rotatable bonds is 3. The van der Waals surface area contributed by atoms with Crippen molar-refractivity contribution < 1.29 is 4.79 Å². The van der Waals surface area contributed by atoms with Crippen molar-refractivity contribution in [2.75, 3.05) is 39.3 Å². The Hall–Kier alpha value is -1.40. The van der Waals surface area contributed by atoms with Gasteiger partial charge in [0.25, 0.3) is 0 Å². The molecular weight excluding hydrogens is 230 g/mol.